The Labute approximate surface area is 92.5 Å². The summed E-state index contributed by atoms with van der Waals surface area (Å²) in [6.45, 7) is 0.484. The predicted octanol–water partition coefficient (Wildman–Crippen LogP) is 0.721. The van der Waals surface area contributed by atoms with Gasteiger partial charge in [-0.05, 0) is 24.8 Å². The SMILES string of the molecule is O=C(NCC1CC(O)C1)c1ccncc1F. The van der Waals surface area contributed by atoms with Crippen molar-refractivity contribution in [2.45, 2.75) is 18.9 Å². The van der Waals surface area contributed by atoms with Crippen LogP contribution >= 0.6 is 0 Å². The van der Waals surface area contributed by atoms with Gasteiger partial charge in [-0.3, -0.25) is 9.78 Å². The zero-order chi connectivity index (χ0) is 11.5. The van der Waals surface area contributed by atoms with E-state index in [4.69, 9.17) is 5.11 Å². The number of carbonyl (C=O) groups excluding carboxylic acids is 1. The zero-order valence-corrected chi connectivity index (χ0v) is 8.69. The van der Waals surface area contributed by atoms with Crippen LogP contribution in [0.2, 0.25) is 0 Å². The number of hydrogen-bond acceptors (Lipinski definition) is 3. The van der Waals surface area contributed by atoms with E-state index in [1.165, 1.54) is 12.3 Å². The number of amides is 1. The number of pyridine rings is 1. The molecule has 0 aromatic carbocycles. The Morgan fingerprint density at radius 1 is 1.62 bits per heavy atom. The molecule has 0 atom stereocenters. The van der Waals surface area contributed by atoms with Gasteiger partial charge in [0.1, 0.15) is 0 Å². The zero-order valence-electron chi connectivity index (χ0n) is 8.69. The highest BCUT2D eigenvalue weighted by Crippen LogP contribution is 2.26. The molecule has 0 radical (unpaired) electrons. The van der Waals surface area contributed by atoms with Crippen molar-refractivity contribution in [3.05, 3.63) is 29.8 Å². The van der Waals surface area contributed by atoms with E-state index >= 15 is 0 Å². The lowest BCUT2D eigenvalue weighted by atomic mass is 9.82. The quantitative estimate of drug-likeness (QED) is 0.795. The number of nitrogens with zero attached hydrogens (tertiary/aromatic N) is 1. The highest BCUT2D eigenvalue weighted by Gasteiger charge is 2.27. The van der Waals surface area contributed by atoms with Crippen LogP contribution in [0.25, 0.3) is 0 Å². The van der Waals surface area contributed by atoms with Gasteiger partial charge in [0.25, 0.3) is 5.91 Å². The van der Waals surface area contributed by atoms with Crippen LogP contribution in [0, 0.1) is 11.7 Å². The maximum absolute atomic E-state index is 13.2. The molecule has 1 aromatic heterocycles. The number of halogens is 1. The van der Waals surface area contributed by atoms with Crippen LogP contribution in [0.5, 0.6) is 0 Å². The Bertz CT molecular complexity index is 391. The maximum Gasteiger partial charge on any atom is 0.254 e. The Morgan fingerprint density at radius 2 is 2.38 bits per heavy atom. The van der Waals surface area contributed by atoms with Crippen LogP contribution in [0.4, 0.5) is 4.39 Å². The minimum Gasteiger partial charge on any atom is -0.393 e. The molecule has 0 spiro atoms. The first-order valence-corrected chi connectivity index (χ1v) is 5.22. The fourth-order valence-electron chi connectivity index (χ4n) is 1.76. The van der Waals surface area contributed by atoms with Gasteiger partial charge in [-0.25, -0.2) is 4.39 Å². The molecular formula is C11H13FN2O2. The van der Waals surface area contributed by atoms with E-state index in [0.29, 0.717) is 25.3 Å². The van der Waals surface area contributed by atoms with Crippen LogP contribution in [0.3, 0.4) is 0 Å². The minimum absolute atomic E-state index is 0.00914. The molecule has 1 amide bonds. The van der Waals surface area contributed by atoms with E-state index < -0.39 is 11.7 Å². The fourth-order valence-corrected chi connectivity index (χ4v) is 1.76. The molecule has 2 N–H and O–H groups in total. The molecule has 1 fully saturated rings. The first-order valence-electron chi connectivity index (χ1n) is 5.22. The summed E-state index contributed by atoms with van der Waals surface area (Å²) >= 11 is 0. The Morgan fingerprint density at radius 3 is 3.00 bits per heavy atom. The van der Waals surface area contributed by atoms with E-state index in [0.717, 1.165) is 6.20 Å². The predicted molar refractivity (Wildman–Crippen MR) is 55.3 cm³/mol. The van der Waals surface area contributed by atoms with Crippen LogP contribution in [-0.4, -0.2) is 28.6 Å². The molecule has 2 rings (SSSR count). The smallest absolute Gasteiger partial charge is 0.254 e. The van der Waals surface area contributed by atoms with Crippen LogP contribution in [-0.2, 0) is 0 Å². The standard InChI is InChI=1S/C11H13FN2O2/c12-10-6-13-2-1-9(10)11(16)14-5-7-3-8(15)4-7/h1-2,6-8,15H,3-5H2,(H,14,16). The molecule has 16 heavy (non-hydrogen) atoms. The highest BCUT2D eigenvalue weighted by atomic mass is 19.1. The van der Waals surface area contributed by atoms with Gasteiger partial charge in [0.15, 0.2) is 5.82 Å². The van der Waals surface area contributed by atoms with E-state index in [2.05, 4.69) is 10.3 Å². The van der Waals surface area contributed by atoms with E-state index in [9.17, 15) is 9.18 Å². The second-order valence-electron chi connectivity index (χ2n) is 4.06. The maximum atomic E-state index is 13.2. The summed E-state index contributed by atoms with van der Waals surface area (Å²) in [7, 11) is 0. The fraction of sp³-hybridized carbons (Fsp3) is 0.455. The molecule has 1 aromatic rings. The third kappa shape index (κ3) is 2.36. The van der Waals surface area contributed by atoms with Crippen LogP contribution in [0.1, 0.15) is 23.2 Å². The van der Waals surface area contributed by atoms with E-state index in [-0.39, 0.29) is 11.7 Å². The largest absolute Gasteiger partial charge is 0.393 e. The van der Waals surface area contributed by atoms with Crippen molar-refractivity contribution >= 4 is 5.91 Å². The lowest BCUT2D eigenvalue weighted by Gasteiger charge is -2.31. The van der Waals surface area contributed by atoms with Crippen molar-refractivity contribution in [2.75, 3.05) is 6.54 Å². The van der Waals surface area contributed by atoms with Gasteiger partial charge in [-0.2, -0.15) is 0 Å². The van der Waals surface area contributed by atoms with E-state index in [1.54, 1.807) is 0 Å². The van der Waals surface area contributed by atoms with Gasteiger partial charge in [0.05, 0.1) is 17.9 Å². The third-order valence-electron chi connectivity index (χ3n) is 2.78. The van der Waals surface area contributed by atoms with Gasteiger partial charge in [-0.15, -0.1) is 0 Å². The molecule has 1 aliphatic carbocycles. The lowest BCUT2D eigenvalue weighted by Crippen LogP contribution is -2.38. The van der Waals surface area contributed by atoms with E-state index in [1.807, 2.05) is 0 Å². The average Bonchev–Trinajstić information content (AvgIpc) is 2.23. The normalized spacial score (nSPS) is 23.6. The molecule has 0 unspecified atom stereocenters. The van der Waals surface area contributed by atoms with Gasteiger partial charge >= 0.3 is 0 Å². The lowest BCUT2D eigenvalue weighted by molar-refractivity contribution is 0.0420. The summed E-state index contributed by atoms with van der Waals surface area (Å²) in [6.07, 6.45) is 3.57. The van der Waals surface area contributed by atoms with Crippen LogP contribution in [0.15, 0.2) is 18.5 Å². The van der Waals surface area contributed by atoms with Crippen LogP contribution < -0.4 is 5.32 Å². The number of aliphatic hydroxyl groups is 1. The van der Waals surface area contributed by atoms with Gasteiger partial charge < -0.3 is 10.4 Å². The van der Waals surface area contributed by atoms with Crippen molar-refractivity contribution in [1.29, 1.82) is 0 Å². The molecule has 4 nitrogen and oxygen atoms in total. The summed E-state index contributed by atoms with van der Waals surface area (Å²) in [4.78, 5) is 15.1. The number of nitrogens with one attached hydrogen (secondary N) is 1. The molecule has 5 heteroatoms. The van der Waals surface area contributed by atoms with Gasteiger partial charge in [-0.1, -0.05) is 0 Å². The summed E-state index contributed by atoms with van der Waals surface area (Å²) < 4.78 is 13.2. The molecule has 1 aliphatic rings. The molecule has 1 saturated carbocycles. The van der Waals surface area contributed by atoms with Gasteiger partial charge in [0, 0.05) is 12.7 Å². The molecule has 0 aliphatic heterocycles. The summed E-state index contributed by atoms with van der Waals surface area (Å²) in [5, 5.41) is 11.7. The minimum atomic E-state index is -0.617. The topological polar surface area (TPSA) is 62.2 Å². The average molecular weight is 224 g/mol. The molecule has 86 valence electrons. The van der Waals surface area contributed by atoms with Crippen molar-refractivity contribution in [1.82, 2.24) is 10.3 Å². The summed E-state index contributed by atoms with van der Waals surface area (Å²) in [5.74, 6) is -0.737. The molecule has 0 saturated heterocycles. The number of hydrogen-bond donors (Lipinski definition) is 2. The monoisotopic (exact) mass is 224 g/mol. The Balaban J connectivity index is 1.86. The number of aliphatic hydroxyl groups excluding tert-OH is 1. The number of rotatable bonds is 3. The number of aromatic nitrogens is 1. The van der Waals surface area contributed by atoms with Crippen molar-refractivity contribution in [3.8, 4) is 0 Å². The summed E-state index contributed by atoms with van der Waals surface area (Å²) in [6, 6.07) is 1.35. The third-order valence-corrected chi connectivity index (χ3v) is 2.78. The summed E-state index contributed by atoms with van der Waals surface area (Å²) in [5.41, 5.74) is 0.00914. The van der Waals surface area contributed by atoms with Crippen molar-refractivity contribution < 1.29 is 14.3 Å². The Kier molecular flexibility index (Phi) is 3.14. The van der Waals surface area contributed by atoms with Crippen molar-refractivity contribution in [3.63, 3.8) is 0 Å². The molecular weight excluding hydrogens is 211 g/mol. The van der Waals surface area contributed by atoms with Gasteiger partial charge in [0.2, 0.25) is 0 Å². The number of carbonyl (C=O) groups is 1. The molecule has 0 bridgehead atoms. The van der Waals surface area contributed by atoms with Crippen molar-refractivity contribution in [2.24, 2.45) is 5.92 Å². The molecule has 1 heterocycles. The first-order chi connectivity index (χ1) is 7.66. The Hall–Kier alpha value is -1.49. The second kappa shape index (κ2) is 4.57. The second-order valence-corrected chi connectivity index (χ2v) is 4.06. The first kappa shape index (κ1) is 11.0. The highest BCUT2D eigenvalue weighted by molar-refractivity contribution is 5.94.